The third-order valence-corrected chi connectivity index (χ3v) is 4.56. The van der Waals surface area contributed by atoms with E-state index < -0.39 is 0 Å². The predicted octanol–water partition coefficient (Wildman–Crippen LogP) is 3.22. The minimum absolute atomic E-state index is 0.0145. The van der Waals surface area contributed by atoms with Crippen LogP contribution in [0, 0.1) is 0 Å². The van der Waals surface area contributed by atoms with Crippen molar-refractivity contribution in [2.45, 2.75) is 12.3 Å². The van der Waals surface area contributed by atoms with Crippen molar-refractivity contribution in [2.75, 3.05) is 35.0 Å². The van der Waals surface area contributed by atoms with Crippen LogP contribution in [0.15, 0.2) is 30.3 Å². The predicted molar refractivity (Wildman–Crippen MR) is 95.8 cm³/mol. The molecule has 0 spiro atoms. The monoisotopic (exact) mass is 358 g/mol. The van der Waals surface area contributed by atoms with E-state index in [1.54, 1.807) is 34.5 Å². The van der Waals surface area contributed by atoms with E-state index in [4.69, 9.17) is 23.7 Å². The Morgan fingerprint density at radius 1 is 0.885 bits per heavy atom. The van der Waals surface area contributed by atoms with Crippen molar-refractivity contribution in [1.29, 1.82) is 0 Å². The van der Waals surface area contributed by atoms with E-state index >= 15 is 0 Å². The van der Waals surface area contributed by atoms with Gasteiger partial charge in [-0.2, -0.15) is 0 Å². The zero-order valence-electron chi connectivity index (χ0n) is 15.3. The highest BCUT2D eigenvalue weighted by Crippen LogP contribution is 2.38. The average molecular weight is 358 g/mol. The van der Waals surface area contributed by atoms with Crippen LogP contribution in [0.1, 0.15) is 27.4 Å². The molecule has 6 heteroatoms. The molecule has 0 amide bonds. The van der Waals surface area contributed by atoms with Crippen LogP contribution >= 0.6 is 0 Å². The van der Waals surface area contributed by atoms with Gasteiger partial charge in [-0.05, 0) is 41.8 Å². The fraction of sp³-hybridized carbons (Fsp3) is 0.350. The zero-order chi connectivity index (χ0) is 18.7. The molecule has 1 unspecified atom stereocenters. The van der Waals surface area contributed by atoms with Crippen LogP contribution in [0.2, 0.25) is 0 Å². The Labute approximate surface area is 152 Å². The Hall–Kier alpha value is -2.89. The lowest BCUT2D eigenvalue weighted by Gasteiger charge is -2.26. The van der Waals surface area contributed by atoms with Gasteiger partial charge in [-0.3, -0.25) is 0 Å². The first-order valence-corrected chi connectivity index (χ1v) is 8.25. The molecular formula is C20H22O6. The smallest absolute Gasteiger partial charge is 0.338 e. The summed E-state index contributed by atoms with van der Waals surface area (Å²) in [7, 11) is 6.33. The summed E-state index contributed by atoms with van der Waals surface area (Å²) in [5.74, 6) is 2.13. The number of ether oxygens (including phenoxy) is 5. The SMILES string of the molecule is COc1ccc(CC2COC(=O)c3cc(OC)c(OC)cc32)cc1OC. The topological polar surface area (TPSA) is 63.2 Å². The summed E-state index contributed by atoms with van der Waals surface area (Å²) < 4.78 is 26.7. The maximum absolute atomic E-state index is 12.2. The minimum atomic E-state index is -0.343. The second-order valence-electron chi connectivity index (χ2n) is 5.98. The molecule has 1 heterocycles. The second kappa shape index (κ2) is 7.56. The van der Waals surface area contributed by atoms with Crippen LogP contribution in [0.4, 0.5) is 0 Å². The maximum Gasteiger partial charge on any atom is 0.338 e. The lowest BCUT2D eigenvalue weighted by Crippen LogP contribution is -2.24. The number of cyclic esters (lactones) is 1. The molecule has 0 aromatic heterocycles. The molecule has 6 nitrogen and oxygen atoms in total. The molecule has 138 valence electrons. The molecule has 3 rings (SSSR count). The highest BCUT2D eigenvalue weighted by molar-refractivity contribution is 5.93. The van der Waals surface area contributed by atoms with Gasteiger partial charge in [0, 0.05) is 5.92 Å². The molecule has 2 aromatic carbocycles. The Kier molecular flexibility index (Phi) is 5.21. The third-order valence-electron chi connectivity index (χ3n) is 4.56. The van der Waals surface area contributed by atoms with Crippen LogP contribution in [-0.2, 0) is 11.2 Å². The highest BCUT2D eigenvalue weighted by atomic mass is 16.5. The van der Waals surface area contributed by atoms with Crippen molar-refractivity contribution >= 4 is 5.97 Å². The van der Waals surface area contributed by atoms with Gasteiger partial charge in [-0.15, -0.1) is 0 Å². The van der Waals surface area contributed by atoms with Crippen molar-refractivity contribution in [3.63, 3.8) is 0 Å². The van der Waals surface area contributed by atoms with Gasteiger partial charge in [0.25, 0.3) is 0 Å². The van der Waals surface area contributed by atoms with Gasteiger partial charge in [0.05, 0.1) is 40.6 Å². The first-order chi connectivity index (χ1) is 12.6. The number of hydrogen-bond acceptors (Lipinski definition) is 6. The molecule has 0 aliphatic carbocycles. The number of methoxy groups -OCH3 is 4. The van der Waals surface area contributed by atoms with Crippen LogP contribution in [0.25, 0.3) is 0 Å². The summed E-state index contributed by atoms with van der Waals surface area (Å²) in [4.78, 5) is 12.2. The Morgan fingerprint density at radius 2 is 1.50 bits per heavy atom. The number of fused-ring (bicyclic) bond motifs is 1. The maximum atomic E-state index is 12.2. The Balaban J connectivity index is 1.96. The van der Waals surface area contributed by atoms with E-state index in [1.165, 1.54) is 0 Å². The molecule has 0 saturated carbocycles. The third kappa shape index (κ3) is 3.27. The number of carbonyl (C=O) groups excluding carboxylic acids is 1. The zero-order valence-corrected chi connectivity index (χ0v) is 15.3. The van der Waals surface area contributed by atoms with Crippen molar-refractivity contribution in [2.24, 2.45) is 0 Å². The van der Waals surface area contributed by atoms with Gasteiger partial charge < -0.3 is 23.7 Å². The number of benzene rings is 2. The number of carbonyl (C=O) groups is 1. The average Bonchev–Trinajstić information content (AvgIpc) is 2.69. The van der Waals surface area contributed by atoms with Gasteiger partial charge in [0.2, 0.25) is 0 Å². The molecule has 0 saturated heterocycles. The summed E-state index contributed by atoms with van der Waals surface area (Å²) >= 11 is 0. The number of rotatable bonds is 6. The van der Waals surface area contributed by atoms with E-state index in [2.05, 4.69) is 0 Å². The summed E-state index contributed by atoms with van der Waals surface area (Å²) in [6, 6.07) is 9.34. The summed E-state index contributed by atoms with van der Waals surface area (Å²) in [5.41, 5.74) is 2.47. The van der Waals surface area contributed by atoms with Crippen molar-refractivity contribution in [3.8, 4) is 23.0 Å². The molecule has 1 aliphatic heterocycles. The van der Waals surface area contributed by atoms with Gasteiger partial charge in [0.15, 0.2) is 23.0 Å². The van der Waals surface area contributed by atoms with Crippen LogP contribution in [0.3, 0.4) is 0 Å². The van der Waals surface area contributed by atoms with Crippen molar-refractivity contribution < 1.29 is 28.5 Å². The van der Waals surface area contributed by atoms with E-state index in [0.29, 0.717) is 41.6 Å². The summed E-state index contributed by atoms with van der Waals surface area (Å²) in [5, 5.41) is 0. The molecule has 1 atom stereocenters. The van der Waals surface area contributed by atoms with Crippen LogP contribution in [-0.4, -0.2) is 41.0 Å². The molecular weight excluding hydrogens is 336 g/mol. The van der Waals surface area contributed by atoms with Crippen molar-refractivity contribution in [1.82, 2.24) is 0 Å². The second-order valence-corrected chi connectivity index (χ2v) is 5.98. The fourth-order valence-electron chi connectivity index (χ4n) is 3.21. The lowest BCUT2D eigenvalue weighted by atomic mass is 9.87. The van der Waals surface area contributed by atoms with Crippen LogP contribution < -0.4 is 18.9 Å². The largest absolute Gasteiger partial charge is 0.493 e. The number of hydrogen-bond donors (Lipinski definition) is 0. The summed E-state index contributed by atoms with van der Waals surface area (Å²) in [6.07, 6.45) is 0.691. The van der Waals surface area contributed by atoms with E-state index in [-0.39, 0.29) is 11.9 Å². The fourth-order valence-corrected chi connectivity index (χ4v) is 3.21. The minimum Gasteiger partial charge on any atom is -0.493 e. The first kappa shape index (κ1) is 17.9. The molecule has 2 aromatic rings. The standard InChI is InChI=1S/C20H22O6/c1-22-16-6-5-12(8-17(16)23-2)7-13-11-26-20(21)15-10-19(25-4)18(24-3)9-14(13)15/h5-6,8-10,13H,7,11H2,1-4H3. The highest BCUT2D eigenvalue weighted by Gasteiger charge is 2.29. The van der Waals surface area contributed by atoms with Crippen LogP contribution in [0.5, 0.6) is 23.0 Å². The molecule has 0 bridgehead atoms. The van der Waals surface area contributed by atoms with Crippen molar-refractivity contribution in [3.05, 3.63) is 47.0 Å². The van der Waals surface area contributed by atoms with E-state index in [0.717, 1.165) is 11.1 Å². The first-order valence-electron chi connectivity index (χ1n) is 8.25. The van der Waals surface area contributed by atoms with Gasteiger partial charge in [-0.1, -0.05) is 6.07 Å². The van der Waals surface area contributed by atoms with Gasteiger partial charge >= 0.3 is 5.97 Å². The lowest BCUT2D eigenvalue weighted by molar-refractivity contribution is 0.0439. The Morgan fingerprint density at radius 3 is 2.15 bits per heavy atom. The van der Waals surface area contributed by atoms with E-state index in [9.17, 15) is 4.79 Å². The molecule has 26 heavy (non-hydrogen) atoms. The van der Waals surface area contributed by atoms with Gasteiger partial charge in [-0.25, -0.2) is 4.79 Å². The molecule has 0 radical (unpaired) electrons. The molecule has 0 N–H and O–H groups in total. The summed E-state index contributed by atoms with van der Waals surface area (Å²) in [6.45, 7) is 0.315. The quantitative estimate of drug-likeness (QED) is 0.739. The Bertz CT molecular complexity index is 814. The molecule has 0 fully saturated rings. The van der Waals surface area contributed by atoms with E-state index in [1.807, 2.05) is 24.3 Å². The normalized spacial score (nSPS) is 15.7. The number of esters is 1. The van der Waals surface area contributed by atoms with Gasteiger partial charge in [0.1, 0.15) is 0 Å². The molecule has 1 aliphatic rings.